The van der Waals surface area contributed by atoms with Gasteiger partial charge < -0.3 is 14.6 Å². The lowest BCUT2D eigenvalue weighted by Crippen LogP contribution is -2.34. The molecule has 5 heteroatoms. The van der Waals surface area contributed by atoms with Crippen LogP contribution in [0, 0.1) is 0 Å². The number of nitrogens with zero attached hydrogens (tertiary/aromatic N) is 2. The number of benzene rings is 1. The number of pyridine rings is 2. The van der Waals surface area contributed by atoms with Crippen molar-refractivity contribution >= 4 is 10.8 Å². The smallest absolute Gasteiger partial charge is 0.260 e. The number of aryl methyl sites for hydroxylation is 1. The molecule has 0 unspecified atom stereocenters. The Hall–Kier alpha value is -2.66. The highest BCUT2D eigenvalue weighted by Gasteiger charge is 2.15. The summed E-state index contributed by atoms with van der Waals surface area (Å²) < 4.78 is 7.95. The Morgan fingerprint density at radius 2 is 1.93 bits per heavy atom. The summed E-state index contributed by atoms with van der Waals surface area (Å²) in [5.74, 6) is 0.904. The number of rotatable bonds is 6. The molecule has 1 saturated heterocycles. The van der Waals surface area contributed by atoms with Crippen molar-refractivity contribution in [2.24, 2.45) is 0 Å². The molecule has 0 bridgehead atoms. The number of fused-ring (bicyclic) bond motifs is 1. The van der Waals surface area contributed by atoms with E-state index >= 15 is 0 Å². The number of ether oxygens (including phenoxy) is 1. The van der Waals surface area contributed by atoms with Crippen LogP contribution < -0.4 is 15.6 Å². The Balaban J connectivity index is 1.67. The van der Waals surface area contributed by atoms with Gasteiger partial charge in [0.05, 0.1) is 5.39 Å². The van der Waals surface area contributed by atoms with Crippen molar-refractivity contribution in [2.75, 3.05) is 13.1 Å². The van der Waals surface area contributed by atoms with Crippen LogP contribution >= 0.6 is 0 Å². The zero-order valence-corrected chi connectivity index (χ0v) is 16.4. The summed E-state index contributed by atoms with van der Waals surface area (Å²) in [6, 6.07) is 10.2. The standard InChI is InChI=1S/C23H27N3O2/c1-2-3-14-26-16-22(20-10-13-25-15-21(20)23(26)27)17-4-6-18(7-5-17)28-19-8-11-24-12-9-19/h4-7,10,13,15-16,19,24H,2-3,8-9,11-12,14H2,1H3. The fourth-order valence-corrected chi connectivity index (χ4v) is 3.78. The monoisotopic (exact) mass is 377 g/mol. The average molecular weight is 377 g/mol. The molecule has 1 aliphatic heterocycles. The van der Waals surface area contributed by atoms with E-state index in [9.17, 15) is 4.79 Å². The molecule has 0 spiro atoms. The van der Waals surface area contributed by atoms with Crippen LogP contribution in [0.25, 0.3) is 21.9 Å². The third-order valence-electron chi connectivity index (χ3n) is 5.39. The van der Waals surface area contributed by atoms with E-state index in [1.807, 2.05) is 29.0 Å². The molecule has 4 rings (SSSR count). The highest BCUT2D eigenvalue weighted by Crippen LogP contribution is 2.28. The molecule has 0 amide bonds. The second-order valence-corrected chi connectivity index (χ2v) is 7.41. The first-order valence-corrected chi connectivity index (χ1v) is 10.2. The van der Waals surface area contributed by atoms with Gasteiger partial charge >= 0.3 is 0 Å². The van der Waals surface area contributed by atoms with E-state index in [2.05, 4.69) is 29.4 Å². The lowest BCUT2D eigenvalue weighted by atomic mass is 10.0. The number of piperidine rings is 1. The molecule has 1 N–H and O–H groups in total. The third kappa shape index (κ3) is 3.94. The van der Waals surface area contributed by atoms with E-state index in [1.165, 1.54) is 0 Å². The van der Waals surface area contributed by atoms with Gasteiger partial charge in [-0.05, 0) is 61.5 Å². The van der Waals surface area contributed by atoms with Gasteiger partial charge in [0.25, 0.3) is 5.56 Å². The van der Waals surface area contributed by atoms with Gasteiger partial charge in [0.2, 0.25) is 0 Å². The van der Waals surface area contributed by atoms with Crippen molar-refractivity contribution in [3.05, 3.63) is 59.3 Å². The molecule has 3 aromatic rings. The van der Waals surface area contributed by atoms with E-state index in [4.69, 9.17) is 4.74 Å². The molecule has 2 aromatic heterocycles. The van der Waals surface area contributed by atoms with Gasteiger partial charge in [-0.3, -0.25) is 9.78 Å². The van der Waals surface area contributed by atoms with Gasteiger partial charge in [0, 0.05) is 30.7 Å². The molecule has 0 atom stereocenters. The largest absolute Gasteiger partial charge is 0.490 e. The molecule has 0 radical (unpaired) electrons. The van der Waals surface area contributed by atoms with Crippen LogP contribution in [0.15, 0.2) is 53.7 Å². The van der Waals surface area contributed by atoms with E-state index in [-0.39, 0.29) is 11.7 Å². The normalized spacial score (nSPS) is 15.0. The van der Waals surface area contributed by atoms with Crippen molar-refractivity contribution in [2.45, 2.75) is 45.3 Å². The molecular formula is C23H27N3O2. The minimum atomic E-state index is 0.0335. The molecule has 1 aromatic carbocycles. The predicted octanol–water partition coefficient (Wildman–Crippen LogP) is 3.99. The first kappa shape index (κ1) is 18.7. The van der Waals surface area contributed by atoms with E-state index in [1.54, 1.807) is 12.4 Å². The summed E-state index contributed by atoms with van der Waals surface area (Å²) in [6.45, 7) is 4.89. The molecule has 1 fully saturated rings. The Labute approximate surface area is 165 Å². The number of hydrogen-bond acceptors (Lipinski definition) is 4. The fourth-order valence-electron chi connectivity index (χ4n) is 3.78. The molecular weight excluding hydrogens is 350 g/mol. The van der Waals surface area contributed by atoms with Crippen molar-refractivity contribution in [1.82, 2.24) is 14.9 Å². The van der Waals surface area contributed by atoms with E-state index in [0.29, 0.717) is 5.39 Å². The Bertz CT molecular complexity index is 989. The minimum Gasteiger partial charge on any atom is -0.490 e. The van der Waals surface area contributed by atoms with Crippen LogP contribution in [0.1, 0.15) is 32.6 Å². The first-order chi connectivity index (χ1) is 13.8. The van der Waals surface area contributed by atoms with Gasteiger partial charge in [-0.15, -0.1) is 0 Å². The second kappa shape index (κ2) is 8.57. The SMILES string of the molecule is CCCCn1cc(-c2ccc(OC3CCNCC3)cc2)c2ccncc2c1=O. The first-order valence-electron chi connectivity index (χ1n) is 10.2. The van der Waals surface area contributed by atoms with Gasteiger partial charge in [-0.1, -0.05) is 25.5 Å². The lowest BCUT2D eigenvalue weighted by molar-refractivity contribution is 0.162. The maximum absolute atomic E-state index is 12.8. The zero-order valence-electron chi connectivity index (χ0n) is 16.4. The highest BCUT2D eigenvalue weighted by atomic mass is 16.5. The lowest BCUT2D eigenvalue weighted by Gasteiger charge is -2.24. The number of unbranched alkanes of at least 4 members (excludes halogenated alkanes) is 1. The number of hydrogen-bond donors (Lipinski definition) is 1. The van der Waals surface area contributed by atoms with Crippen molar-refractivity contribution in [3.8, 4) is 16.9 Å². The Morgan fingerprint density at radius 1 is 1.14 bits per heavy atom. The van der Waals surface area contributed by atoms with Gasteiger partial charge in [0.15, 0.2) is 0 Å². The fraction of sp³-hybridized carbons (Fsp3) is 0.391. The Kier molecular flexibility index (Phi) is 5.72. The quantitative estimate of drug-likeness (QED) is 0.706. The van der Waals surface area contributed by atoms with Gasteiger partial charge in [-0.25, -0.2) is 0 Å². The maximum atomic E-state index is 12.8. The molecule has 0 aliphatic carbocycles. The van der Waals surface area contributed by atoms with Crippen molar-refractivity contribution < 1.29 is 4.74 Å². The van der Waals surface area contributed by atoms with Crippen LogP contribution in [-0.4, -0.2) is 28.7 Å². The van der Waals surface area contributed by atoms with Gasteiger partial charge in [0.1, 0.15) is 11.9 Å². The average Bonchev–Trinajstić information content (AvgIpc) is 2.75. The van der Waals surface area contributed by atoms with Crippen LogP contribution in [0.4, 0.5) is 0 Å². The van der Waals surface area contributed by atoms with Crippen molar-refractivity contribution in [1.29, 1.82) is 0 Å². The van der Waals surface area contributed by atoms with Gasteiger partial charge in [-0.2, -0.15) is 0 Å². The summed E-state index contributed by atoms with van der Waals surface area (Å²) in [5.41, 5.74) is 2.17. The zero-order chi connectivity index (χ0) is 19.3. The second-order valence-electron chi connectivity index (χ2n) is 7.41. The van der Waals surface area contributed by atoms with Crippen LogP contribution in [0.3, 0.4) is 0 Å². The van der Waals surface area contributed by atoms with Crippen LogP contribution in [0.2, 0.25) is 0 Å². The maximum Gasteiger partial charge on any atom is 0.260 e. The molecule has 146 valence electrons. The highest BCUT2D eigenvalue weighted by molar-refractivity contribution is 5.95. The topological polar surface area (TPSA) is 56.1 Å². The molecule has 1 aliphatic rings. The number of nitrogens with one attached hydrogen (secondary N) is 1. The van der Waals surface area contributed by atoms with Crippen LogP contribution in [-0.2, 0) is 6.54 Å². The summed E-state index contributed by atoms with van der Waals surface area (Å²) in [7, 11) is 0. The summed E-state index contributed by atoms with van der Waals surface area (Å²) in [6.07, 6.45) is 9.82. The van der Waals surface area contributed by atoms with Crippen LogP contribution in [0.5, 0.6) is 5.75 Å². The van der Waals surface area contributed by atoms with Crippen molar-refractivity contribution in [3.63, 3.8) is 0 Å². The minimum absolute atomic E-state index is 0.0335. The van der Waals surface area contributed by atoms with E-state index in [0.717, 1.165) is 67.6 Å². The summed E-state index contributed by atoms with van der Waals surface area (Å²) >= 11 is 0. The third-order valence-corrected chi connectivity index (χ3v) is 5.39. The summed E-state index contributed by atoms with van der Waals surface area (Å²) in [5, 5.41) is 4.98. The molecule has 5 nitrogen and oxygen atoms in total. The summed E-state index contributed by atoms with van der Waals surface area (Å²) in [4.78, 5) is 17.0. The van der Waals surface area contributed by atoms with E-state index < -0.39 is 0 Å². The molecule has 3 heterocycles. The Morgan fingerprint density at radius 3 is 2.68 bits per heavy atom. The number of aromatic nitrogens is 2. The molecule has 0 saturated carbocycles. The predicted molar refractivity (Wildman–Crippen MR) is 113 cm³/mol. The molecule has 28 heavy (non-hydrogen) atoms.